The molecular weight excluding hydrogens is 327 g/mol. The van der Waals surface area contributed by atoms with Crippen LogP contribution in [0.3, 0.4) is 0 Å². The van der Waals surface area contributed by atoms with Crippen LogP contribution in [0.5, 0.6) is 0 Å². The zero-order valence-electron chi connectivity index (χ0n) is 12.6. The standard InChI is InChI=1S/C18H17FN2S2/c19-14-7-5-13(6-8-14)18-20-15(12-23-18)11-21-9-1-3-16(21)17-4-2-10-22-17/h2,4-8,10,12,16H,1,3,9,11H2. The molecule has 2 nitrogen and oxygen atoms in total. The maximum absolute atomic E-state index is 13.0. The summed E-state index contributed by atoms with van der Waals surface area (Å²) in [5, 5.41) is 5.25. The summed E-state index contributed by atoms with van der Waals surface area (Å²) < 4.78 is 13.0. The predicted molar refractivity (Wildman–Crippen MR) is 94.2 cm³/mol. The van der Waals surface area contributed by atoms with Crippen LogP contribution >= 0.6 is 22.7 Å². The van der Waals surface area contributed by atoms with Crippen molar-refractivity contribution in [1.82, 2.24) is 9.88 Å². The van der Waals surface area contributed by atoms with E-state index in [0.717, 1.165) is 29.4 Å². The third-order valence-corrected chi connectivity index (χ3v) is 6.16. The minimum absolute atomic E-state index is 0.207. The molecule has 1 atom stereocenters. The molecule has 0 radical (unpaired) electrons. The van der Waals surface area contributed by atoms with Crippen molar-refractivity contribution in [2.24, 2.45) is 0 Å². The highest BCUT2D eigenvalue weighted by molar-refractivity contribution is 7.13. The van der Waals surface area contributed by atoms with Crippen LogP contribution in [0.15, 0.2) is 47.2 Å². The second kappa shape index (κ2) is 6.51. The number of hydrogen-bond acceptors (Lipinski definition) is 4. The lowest BCUT2D eigenvalue weighted by molar-refractivity contribution is 0.249. The van der Waals surface area contributed by atoms with Gasteiger partial charge in [-0.15, -0.1) is 22.7 Å². The van der Waals surface area contributed by atoms with Crippen LogP contribution in [0.2, 0.25) is 0 Å². The molecule has 1 fully saturated rings. The number of rotatable bonds is 4. The van der Waals surface area contributed by atoms with Crippen molar-refractivity contribution in [3.8, 4) is 10.6 Å². The van der Waals surface area contributed by atoms with Crippen LogP contribution in [0.1, 0.15) is 29.5 Å². The lowest BCUT2D eigenvalue weighted by atomic mass is 10.2. The summed E-state index contributed by atoms with van der Waals surface area (Å²) in [5.74, 6) is -0.207. The Kier molecular flexibility index (Phi) is 4.25. The number of nitrogens with zero attached hydrogens (tertiary/aromatic N) is 2. The molecule has 0 bridgehead atoms. The van der Waals surface area contributed by atoms with Gasteiger partial charge >= 0.3 is 0 Å². The number of hydrogen-bond donors (Lipinski definition) is 0. The molecule has 2 aromatic heterocycles. The van der Waals surface area contributed by atoms with Gasteiger partial charge in [0.15, 0.2) is 0 Å². The molecule has 0 aliphatic carbocycles. The van der Waals surface area contributed by atoms with Crippen molar-refractivity contribution in [1.29, 1.82) is 0 Å². The van der Waals surface area contributed by atoms with Gasteiger partial charge in [0.05, 0.1) is 5.69 Å². The molecule has 118 valence electrons. The monoisotopic (exact) mass is 344 g/mol. The Balaban J connectivity index is 1.50. The quantitative estimate of drug-likeness (QED) is 0.634. The molecule has 1 aromatic carbocycles. The Morgan fingerprint density at radius 3 is 2.83 bits per heavy atom. The van der Waals surface area contributed by atoms with Gasteiger partial charge in [-0.1, -0.05) is 6.07 Å². The Morgan fingerprint density at radius 2 is 2.04 bits per heavy atom. The lowest BCUT2D eigenvalue weighted by Gasteiger charge is -2.22. The summed E-state index contributed by atoms with van der Waals surface area (Å²) in [6, 6.07) is 11.5. The molecule has 3 aromatic rings. The third kappa shape index (κ3) is 3.22. The first-order valence-electron chi connectivity index (χ1n) is 7.77. The number of aromatic nitrogens is 1. The van der Waals surface area contributed by atoms with Gasteiger partial charge in [-0.05, 0) is 55.1 Å². The first-order valence-corrected chi connectivity index (χ1v) is 9.53. The minimum atomic E-state index is -0.207. The zero-order chi connectivity index (χ0) is 15.6. The predicted octanol–water partition coefficient (Wildman–Crippen LogP) is 5.35. The van der Waals surface area contributed by atoms with Gasteiger partial charge in [-0.25, -0.2) is 9.37 Å². The Labute approximate surface area is 143 Å². The minimum Gasteiger partial charge on any atom is -0.290 e. The van der Waals surface area contributed by atoms with Crippen LogP contribution < -0.4 is 0 Å². The highest BCUT2D eigenvalue weighted by Gasteiger charge is 2.27. The van der Waals surface area contributed by atoms with E-state index < -0.39 is 0 Å². The Morgan fingerprint density at radius 1 is 1.17 bits per heavy atom. The molecule has 3 heterocycles. The van der Waals surface area contributed by atoms with E-state index in [9.17, 15) is 4.39 Å². The summed E-state index contributed by atoms with van der Waals surface area (Å²) in [6.07, 6.45) is 2.48. The molecule has 0 spiro atoms. The molecule has 5 heteroatoms. The molecule has 1 aliphatic rings. The number of thiophene rings is 1. The maximum atomic E-state index is 13.0. The summed E-state index contributed by atoms with van der Waals surface area (Å²) in [5.41, 5.74) is 2.09. The van der Waals surface area contributed by atoms with E-state index >= 15 is 0 Å². The van der Waals surface area contributed by atoms with E-state index in [2.05, 4.69) is 27.8 Å². The van der Waals surface area contributed by atoms with Crippen molar-refractivity contribution < 1.29 is 4.39 Å². The van der Waals surface area contributed by atoms with Crippen molar-refractivity contribution in [2.75, 3.05) is 6.54 Å². The summed E-state index contributed by atoms with van der Waals surface area (Å²) in [4.78, 5) is 8.73. The number of thiazole rings is 1. The van der Waals surface area contributed by atoms with E-state index in [-0.39, 0.29) is 5.82 Å². The molecule has 1 aliphatic heterocycles. The van der Waals surface area contributed by atoms with Gasteiger partial charge in [-0.3, -0.25) is 4.90 Å². The lowest BCUT2D eigenvalue weighted by Crippen LogP contribution is -2.22. The van der Waals surface area contributed by atoms with Crippen LogP contribution in [-0.2, 0) is 6.54 Å². The molecule has 4 rings (SSSR count). The molecule has 0 amide bonds. The zero-order valence-corrected chi connectivity index (χ0v) is 14.2. The Bertz CT molecular complexity index is 765. The van der Waals surface area contributed by atoms with Gasteiger partial charge in [0.2, 0.25) is 0 Å². The van der Waals surface area contributed by atoms with Crippen molar-refractivity contribution in [3.63, 3.8) is 0 Å². The second-order valence-electron chi connectivity index (χ2n) is 5.79. The normalized spacial score (nSPS) is 18.6. The van der Waals surface area contributed by atoms with Crippen LogP contribution in [-0.4, -0.2) is 16.4 Å². The highest BCUT2D eigenvalue weighted by atomic mass is 32.1. The van der Waals surface area contributed by atoms with E-state index in [1.165, 1.54) is 29.9 Å². The smallest absolute Gasteiger partial charge is 0.123 e. The summed E-state index contributed by atoms with van der Waals surface area (Å²) >= 11 is 3.48. The average Bonchev–Trinajstić information content (AvgIpc) is 3.29. The SMILES string of the molecule is Fc1ccc(-c2nc(CN3CCCC3c3cccs3)cs2)cc1. The van der Waals surface area contributed by atoms with Gasteiger partial charge in [-0.2, -0.15) is 0 Å². The van der Waals surface area contributed by atoms with Crippen LogP contribution in [0.4, 0.5) is 4.39 Å². The molecular formula is C18H17FN2S2. The molecule has 0 saturated carbocycles. The van der Waals surface area contributed by atoms with Gasteiger partial charge in [0, 0.05) is 28.4 Å². The van der Waals surface area contributed by atoms with Crippen molar-refractivity contribution in [2.45, 2.75) is 25.4 Å². The second-order valence-corrected chi connectivity index (χ2v) is 7.63. The third-order valence-electron chi connectivity index (χ3n) is 4.24. The first-order chi connectivity index (χ1) is 11.3. The Hall–Kier alpha value is -1.56. The van der Waals surface area contributed by atoms with Gasteiger partial charge < -0.3 is 0 Å². The topological polar surface area (TPSA) is 16.1 Å². The molecule has 1 saturated heterocycles. The van der Waals surface area contributed by atoms with Crippen molar-refractivity contribution in [3.05, 3.63) is 63.5 Å². The molecule has 1 unspecified atom stereocenters. The summed E-state index contributed by atoms with van der Waals surface area (Å²) in [7, 11) is 0. The fraction of sp³-hybridized carbons (Fsp3) is 0.278. The number of likely N-dealkylation sites (tertiary alicyclic amines) is 1. The fourth-order valence-corrected chi connectivity index (χ4v) is 4.84. The number of halogens is 1. The van der Waals surface area contributed by atoms with Gasteiger partial charge in [0.1, 0.15) is 10.8 Å². The van der Waals surface area contributed by atoms with Gasteiger partial charge in [0.25, 0.3) is 0 Å². The van der Waals surface area contributed by atoms with E-state index in [1.807, 2.05) is 11.3 Å². The molecule has 23 heavy (non-hydrogen) atoms. The van der Waals surface area contributed by atoms with Crippen LogP contribution in [0.25, 0.3) is 10.6 Å². The van der Waals surface area contributed by atoms with E-state index in [1.54, 1.807) is 23.5 Å². The van der Waals surface area contributed by atoms with E-state index in [0.29, 0.717) is 6.04 Å². The van der Waals surface area contributed by atoms with E-state index in [4.69, 9.17) is 4.98 Å². The highest BCUT2D eigenvalue weighted by Crippen LogP contribution is 2.36. The molecule has 0 N–H and O–H groups in total. The number of benzene rings is 1. The first kappa shape index (κ1) is 15.0. The fourth-order valence-electron chi connectivity index (χ4n) is 3.13. The van der Waals surface area contributed by atoms with Crippen molar-refractivity contribution >= 4 is 22.7 Å². The average molecular weight is 344 g/mol. The van der Waals surface area contributed by atoms with Crippen LogP contribution in [0, 0.1) is 5.82 Å². The largest absolute Gasteiger partial charge is 0.290 e. The maximum Gasteiger partial charge on any atom is 0.123 e. The summed E-state index contributed by atoms with van der Waals surface area (Å²) in [6.45, 7) is 2.02.